The summed E-state index contributed by atoms with van der Waals surface area (Å²) in [5, 5.41) is 12.0. The van der Waals surface area contributed by atoms with Crippen molar-refractivity contribution in [1.82, 2.24) is 4.98 Å². The van der Waals surface area contributed by atoms with Crippen LogP contribution in [0.25, 0.3) is 21.7 Å². The summed E-state index contributed by atoms with van der Waals surface area (Å²) in [5.41, 5.74) is 1.44. The fourth-order valence-corrected chi connectivity index (χ4v) is 2.24. The number of nitrogens with zero attached hydrogens (tertiary/aromatic N) is 2. The van der Waals surface area contributed by atoms with Gasteiger partial charge in [0.1, 0.15) is 18.4 Å². The first-order valence-electron chi connectivity index (χ1n) is 6.22. The third kappa shape index (κ3) is 2.38. The number of pyridine rings is 1. The molecule has 0 unspecified atom stereocenters. The quantitative estimate of drug-likeness (QED) is 0.541. The molecule has 0 atom stereocenters. The highest BCUT2D eigenvalue weighted by Crippen LogP contribution is 2.25. The van der Waals surface area contributed by atoms with Gasteiger partial charge in [-0.15, -0.1) is 11.6 Å². The van der Waals surface area contributed by atoms with Gasteiger partial charge in [0.15, 0.2) is 0 Å². The maximum atomic E-state index is 8.93. The molecule has 0 aliphatic rings. The van der Waals surface area contributed by atoms with Gasteiger partial charge in [-0.1, -0.05) is 6.07 Å². The summed E-state index contributed by atoms with van der Waals surface area (Å²) < 4.78 is 5.52. The van der Waals surface area contributed by atoms with E-state index in [0.29, 0.717) is 18.1 Å². The first-order chi connectivity index (χ1) is 9.80. The Labute approximate surface area is 121 Å². The average Bonchev–Trinajstić information content (AvgIpc) is 2.50. The van der Waals surface area contributed by atoms with E-state index in [-0.39, 0.29) is 0 Å². The zero-order valence-electron chi connectivity index (χ0n) is 10.6. The number of hydrogen-bond donors (Lipinski definition) is 0. The first kappa shape index (κ1) is 12.7. The smallest absolute Gasteiger partial charge is 0.119 e. The molecule has 1 aromatic heterocycles. The monoisotopic (exact) mass is 282 g/mol. The molecule has 0 amide bonds. The fourth-order valence-electron chi connectivity index (χ4n) is 2.16. The highest BCUT2D eigenvalue weighted by atomic mass is 35.5. The second-order valence-corrected chi connectivity index (χ2v) is 4.81. The maximum absolute atomic E-state index is 8.93. The fraction of sp³-hybridized carbons (Fsp3) is 0.125. The molecule has 20 heavy (non-hydrogen) atoms. The van der Waals surface area contributed by atoms with Crippen molar-refractivity contribution in [2.75, 3.05) is 12.5 Å². The van der Waals surface area contributed by atoms with Crippen LogP contribution in [0.5, 0.6) is 5.75 Å². The normalized spacial score (nSPS) is 10.6. The molecule has 0 bridgehead atoms. The van der Waals surface area contributed by atoms with Gasteiger partial charge in [0, 0.05) is 11.6 Å². The Bertz CT molecular complexity index is 824. The largest absolute Gasteiger partial charge is 0.492 e. The van der Waals surface area contributed by atoms with Gasteiger partial charge >= 0.3 is 0 Å². The summed E-state index contributed by atoms with van der Waals surface area (Å²) >= 11 is 5.62. The minimum absolute atomic E-state index is 0.463. The van der Waals surface area contributed by atoms with Crippen LogP contribution in [0.4, 0.5) is 0 Å². The highest BCUT2D eigenvalue weighted by molar-refractivity contribution is 6.18. The van der Waals surface area contributed by atoms with Crippen molar-refractivity contribution in [3.8, 4) is 11.8 Å². The van der Waals surface area contributed by atoms with E-state index in [1.165, 1.54) is 0 Å². The van der Waals surface area contributed by atoms with E-state index >= 15 is 0 Å². The third-order valence-corrected chi connectivity index (χ3v) is 3.24. The number of alkyl halides is 1. The van der Waals surface area contributed by atoms with Crippen molar-refractivity contribution < 1.29 is 4.74 Å². The molecule has 0 fully saturated rings. The molecule has 98 valence electrons. The van der Waals surface area contributed by atoms with Crippen molar-refractivity contribution >= 4 is 33.3 Å². The molecule has 4 heteroatoms. The van der Waals surface area contributed by atoms with Crippen LogP contribution in [0.15, 0.2) is 42.6 Å². The predicted molar refractivity (Wildman–Crippen MR) is 80.2 cm³/mol. The summed E-state index contributed by atoms with van der Waals surface area (Å²) in [6, 6.07) is 13.9. The van der Waals surface area contributed by atoms with Crippen molar-refractivity contribution in [1.29, 1.82) is 5.26 Å². The number of ether oxygens (including phenoxy) is 1. The van der Waals surface area contributed by atoms with Crippen molar-refractivity contribution in [2.24, 2.45) is 0 Å². The summed E-state index contributed by atoms with van der Waals surface area (Å²) in [5.74, 6) is 1.26. The molecular formula is C16H11ClN2O. The second kappa shape index (κ2) is 5.36. The second-order valence-electron chi connectivity index (χ2n) is 4.43. The zero-order valence-corrected chi connectivity index (χ0v) is 11.4. The van der Waals surface area contributed by atoms with Crippen molar-refractivity contribution in [3.63, 3.8) is 0 Å². The Kier molecular flexibility index (Phi) is 3.41. The Morgan fingerprint density at radius 2 is 2.00 bits per heavy atom. The summed E-state index contributed by atoms with van der Waals surface area (Å²) in [7, 11) is 0. The van der Waals surface area contributed by atoms with Crippen LogP contribution in [0.3, 0.4) is 0 Å². The predicted octanol–water partition coefficient (Wildman–Crippen LogP) is 3.88. The molecule has 3 nitrogen and oxygen atoms in total. The Hall–Kier alpha value is -2.31. The number of hydrogen-bond acceptors (Lipinski definition) is 3. The molecular weight excluding hydrogens is 272 g/mol. The van der Waals surface area contributed by atoms with E-state index in [9.17, 15) is 0 Å². The highest BCUT2D eigenvalue weighted by Gasteiger charge is 2.02. The third-order valence-electron chi connectivity index (χ3n) is 3.09. The van der Waals surface area contributed by atoms with Crippen LogP contribution in [0.1, 0.15) is 5.56 Å². The lowest BCUT2D eigenvalue weighted by atomic mass is 10.1. The SMILES string of the molecule is N#Cc1cnc2cc3ccc(OCCCl)cc3cc2c1. The standard InChI is InChI=1S/C16H11ClN2O/c17-3-4-20-15-2-1-12-8-16-14(6-13(12)7-15)5-11(9-18)10-19-16/h1-2,5-8,10H,3-4H2. The van der Waals surface area contributed by atoms with Crippen LogP contribution in [-0.2, 0) is 0 Å². The molecule has 0 N–H and O–H groups in total. The van der Waals surface area contributed by atoms with Gasteiger partial charge in [0.25, 0.3) is 0 Å². The van der Waals surface area contributed by atoms with Gasteiger partial charge in [-0.3, -0.25) is 4.98 Å². The van der Waals surface area contributed by atoms with Gasteiger partial charge < -0.3 is 4.74 Å². The van der Waals surface area contributed by atoms with Gasteiger partial charge in [-0.05, 0) is 41.1 Å². The molecule has 2 aromatic carbocycles. The van der Waals surface area contributed by atoms with E-state index in [2.05, 4.69) is 11.1 Å². The molecule has 3 aromatic rings. The number of fused-ring (bicyclic) bond motifs is 2. The first-order valence-corrected chi connectivity index (χ1v) is 6.76. The van der Waals surface area contributed by atoms with E-state index in [4.69, 9.17) is 21.6 Å². The lowest BCUT2D eigenvalue weighted by Gasteiger charge is -2.06. The zero-order chi connectivity index (χ0) is 13.9. The summed E-state index contributed by atoms with van der Waals surface area (Å²) in [6.07, 6.45) is 1.59. The Balaban J connectivity index is 2.13. The average molecular weight is 283 g/mol. The number of aromatic nitrogens is 1. The molecule has 0 spiro atoms. The maximum Gasteiger partial charge on any atom is 0.119 e. The van der Waals surface area contributed by atoms with Crippen LogP contribution in [-0.4, -0.2) is 17.5 Å². The minimum atomic E-state index is 0.463. The van der Waals surface area contributed by atoms with Gasteiger partial charge in [0.05, 0.1) is 17.0 Å². The minimum Gasteiger partial charge on any atom is -0.492 e. The number of halogens is 1. The van der Waals surface area contributed by atoms with E-state index in [1.807, 2.05) is 36.4 Å². The van der Waals surface area contributed by atoms with Crippen LogP contribution >= 0.6 is 11.6 Å². The molecule has 0 aliphatic carbocycles. The van der Waals surface area contributed by atoms with Gasteiger partial charge in [0.2, 0.25) is 0 Å². The molecule has 3 rings (SSSR count). The van der Waals surface area contributed by atoms with Gasteiger partial charge in [-0.2, -0.15) is 5.26 Å². The van der Waals surface area contributed by atoms with Crippen LogP contribution in [0.2, 0.25) is 0 Å². The molecule has 0 aliphatic heterocycles. The Morgan fingerprint density at radius 1 is 1.10 bits per heavy atom. The van der Waals surface area contributed by atoms with Crippen molar-refractivity contribution in [2.45, 2.75) is 0 Å². The van der Waals surface area contributed by atoms with Crippen LogP contribution in [0, 0.1) is 11.3 Å². The molecule has 1 heterocycles. The van der Waals surface area contributed by atoms with Crippen LogP contribution < -0.4 is 4.74 Å². The van der Waals surface area contributed by atoms with E-state index < -0.39 is 0 Å². The topological polar surface area (TPSA) is 45.9 Å². The number of nitriles is 1. The van der Waals surface area contributed by atoms with E-state index in [0.717, 1.165) is 27.4 Å². The lowest BCUT2D eigenvalue weighted by Crippen LogP contribution is -1.97. The summed E-state index contributed by atoms with van der Waals surface area (Å²) in [4.78, 5) is 4.30. The van der Waals surface area contributed by atoms with Crippen molar-refractivity contribution in [3.05, 3.63) is 48.2 Å². The molecule has 0 saturated carbocycles. The van der Waals surface area contributed by atoms with E-state index in [1.54, 1.807) is 6.20 Å². The number of benzene rings is 2. The lowest BCUT2D eigenvalue weighted by molar-refractivity contribution is 0.343. The summed E-state index contributed by atoms with van der Waals surface area (Å²) in [6.45, 7) is 0.487. The molecule has 0 saturated heterocycles. The number of rotatable bonds is 3. The molecule has 0 radical (unpaired) electrons. The van der Waals surface area contributed by atoms with Gasteiger partial charge in [-0.25, -0.2) is 0 Å². The Morgan fingerprint density at radius 3 is 2.80 bits per heavy atom.